The first-order valence-electron chi connectivity index (χ1n) is 9.43. The summed E-state index contributed by atoms with van der Waals surface area (Å²) in [4.78, 5) is 15.0. The maximum atomic E-state index is 12.9. The summed E-state index contributed by atoms with van der Waals surface area (Å²) >= 11 is 0. The number of aryl methyl sites for hydroxylation is 1. The third kappa shape index (κ3) is 3.28. The first-order chi connectivity index (χ1) is 13.0. The molecular weight excluding hydrogens is 360 g/mol. The summed E-state index contributed by atoms with van der Waals surface area (Å²) in [6.07, 6.45) is 3.71. The molecule has 142 valence electrons. The van der Waals surface area contributed by atoms with Crippen molar-refractivity contribution in [2.75, 3.05) is 20.1 Å². The van der Waals surface area contributed by atoms with E-state index in [1.54, 1.807) is 29.2 Å². The van der Waals surface area contributed by atoms with Crippen LogP contribution in [0.1, 0.15) is 46.8 Å². The van der Waals surface area contributed by atoms with Crippen molar-refractivity contribution < 1.29 is 13.2 Å². The Balaban J connectivity index is 1.53. The number of benzene rings is 2. The van der Waals surface area contributed by atoms with Crippen LogP contribution in [-0.4, -0.2) is 43.7 Å². The van der Waals surface area contributed by atoms with Gasteiger partial charge in [-0.25, -0.2) is 8.42 Å². The molecule has 1 heterocycles. The normalized spacial score (nSPS) is 19.8. The fourth-order valence-electron chi connectivity index (χ4n) is 4.13. The molecule has 6 heteroatoms. The van der Waals surface area contributed by atoms with Crippen LogP contribution in [0.5, 0.6) is 0 Å². The molecule has 1 atom stereocenters. The van der Waals surface area contributed by atoms with Crippen molar-refractivity contribution in [1.29, 1.82) is 0 Å². The minimum atomic E-state index is -3.45. The molecule has 1 unspecified atom stereocenters. The van der Waals surface area contributed by atoms with Crippen molar-refractivity contribution in [1.82, 2.24) is 9.21 Å². The van der Waals surface area contributed by atoms with Gasteiger partial charge in [-0.15, -0.1) is 0 Å². The summed E-state index contributed by atoms with van der Waals surface area (Å²) in [6.45, 7) is 1.15. The summed E-state index contributed by atoms with van der Waals surface area (Å²) in [7, 11) is -1.63. The highest BCUT2D eigenvalue weighted by atomic mass is 32.2. The van der Waals surface area contributed by atoms with Gasteiger partial charge in [0, 0.05) is 25.7 Å². The van der Waals surface area contributed by atoms with E-state index in [0.717, 1.165) is 25.7 Å². The van der Waals surface area contributed by atoms with Crippen LogP contribution in [0.15, 0.2) is 53.4 Å². The number of amides is 1. The van der Waals surface area contributed by atoms with Gasteiger partial charge in [-0.3, -0.25) is 4.79 Å². The van der Waals surface area contributed by atoms with Crippen molar-refractivity contribution in [3.05, 3.63) is 65.2 Å². The summed E-state index contributed by atoms with van der Waals surface area (Å²) in [5.41, 5.74) is 3.03. The number of fused-ring (bicyclic) bond motifs is 1. The zero-order valence-corrected chi connectivity index (χ0v) is 16.3. The van der Waals surface area contributed by atoms with Crippen LogP contribution in [0.3, 0.4) is 0 Å². The molecule has 2 aromatic rings. The smallest absolute Gasteiger partial charge is 0.254 e. The highest BCUT2D eigenvalue weighted by molar-refractivity contribution is 7.89. The molecule has 1 aliphatic carbocycles. The molecule has 2 aliphatic rings. The van der Waals surface area contributed by atoms with E-state index in [4.69, 9.17) is 0 Å². The van der Waals surface area contributed by atoms with Gasteiger partial charge in [0.2, 0.25) is 10.0 Å². The Morgan fingerprint density at radius 2 is 1.70 bits per heavy atom. The molecule has 27 heavy (non-hydrogen) atoms. The monoisotopic (exact) mass is 384 g/mol. The molecule has 2 aromatic carbocycles. The van der Waals surface area contributed by atoms with Gasteiger partial charge >= 0.3 is 0 Å². The molecule has 0 radical (unpaired) electrons. The van der Waals surface area contributed by atoms with Gasteiger partial charge in [-0.1, -0.05) is 24.3 Å². The second-order valence-electron chi connectivity index (χ2n) is 7.30. The number of carbonyl (C=O) groups excluding carboxylic acids is 1. The Morgan fingerprint density at radius 3 is 2.41 bits per heavy atom. The lowest BCUT2D eigenvalue weighted by Crippen LogP contribution is -2.30. The third-order valence-electron chi connectivity index (χ3n) is 5.69. The highest BCUT2D eigenvalue weighted by Gasteiger charge is 2.30. The average Bonchev–Trinajstić information content (AvgIpc) is 3.37. The van der Waals surface area contributed by atoms with Gasteiger partial charge in [-0.2, -0.15) is 4.31 Å². The molecule has 0 aromatic heterocycles. The molecule has 1 saturated heterocycles. The van der Waals surface area contributed by atoms with Crippen LogP contribution in [0.4, 0.5) is 0 Å². The number of nitrogens with zero attached hydrogens (tertiary/aromatic N) is 2. The molecular formula is C21H24N2O3S. The van der Waals surface area contributed by atoms with Gasteiger partial charge in [-0.05, 0) is 61.1 Å². The van der Waals surface area contributed by atoms with Gasteiger partial charge in [0.25, 0.3) is 5.91 Å². The van der Waals surface area contributed by atoms with E-state index in [0.29, 0.717) is 18.7 Å². The Hall–Kier alpha value is -2.18. The minimum absolute atomic E-state index is 0.0710. The maximum Gasteiger partial charge on any atom is 0.254 e. The van der Waals surface area contributed by atoms with Gasteiger partial charge in [0.05, 0.1) is 10.9 Å². The molecule has 4 rings (SSSR count). The zero-order valence-electron chi connectivity index (χ0n) is 15.5. The van der Waals surface area contributed by atoms with Crippen LogP contribution in [0.2, 0.25) is 0 Å². The van der Waals surface area contributed by atoms with Crippen LogP contribution >= 0.6 is 0 Å². The lowest BCUT2D eigenvalue weighted by atomic mass is 10.1. The van der Waals surface area contributed by atoms with Crippen molar-refractivity contribution in [2.24, 2.45) is 0 Å². The second-order valence-corrected chi connectivity index (χ2v) is 9.24. The summed E-state index contributed by atoms with van der Waals surface area (Å²) < 4.78 is 26.8. The molecule has 0 saturated carbocycles. The number of sulfonamides is 1. The van der Waals surface area contributed by atoms with Crippen molar-refractivity contribution in [2.45, 2.75) is 36.6 Å². The third-order valence-corrected chi connectivity index (χ3v) is 7.61. The van der Waals surface area contributed by atoms with E-state index in [-0.39, 0.29) is 16.8 Å². The summed E-state index contributed by atoms with van der Waals surface area (Å²) in [5, 5.41) is 0. The molecule has 1 fully saturated rings. The molecule has 0 spiro atoms. The molecule has 0 N–H and O–H groups in total. The Kier molecular flexibility index (Phi) is 4.78. The molecule has 0 bridgehead atoms. The standard InChI is InChI=1S/C21H24N2O3S/c1-22(20-13-10-16-6-2-3-7-19(16)20)21(24)17-8-11-18(12-9-17)27(25,26)23-14-4-5-15-23/h2-3,6-9,11-12,20H,4-5,10,13-15H2,1H3. The molecule has 1 amide bonds. The Bertz CT molecular complexity index is 948. The summed E-state index contributed by atoms with van der Waals surface area (Å²) in [5.74, 6) is -0.0816. The first kappa shape index (κ1) is 18.2. The van der Waals surface area contributed by atoms with E-state index in [2.05, 4.69) is 12.1 Å². The van der Waals surface area contributed by atoms with Gasteiger partial charge in [0.15, 0.2) is 0 Å². The number of rotatable bonds is 4. The van der Waals surface area contributed by atoms with E-state index >= 15 is 0 Å². The predicted octanol–water partition coefficient (Wildman–Crippen LogP) is 3.23. The van der Waals surface area contributed by atoms with Crippen LogP contribution in [0.25, 0.3) is 0 Å². The molecule has 5 nitrogen and oxygen atoms in total. The Morgan fingerprint density at radius 1 is 1.04 bits per heavy atom. The largest absolute Gasteiger partial charge is 0.335 e. The SMILES string of the molecule is CN(C(=O)c1ccc(S(=O)(=O)N2CCCC2)cc1)C1CCc2ccccc21. The van der Waals surface area contributed by atoms with E-state index in [9.17, 15) is 13.2 Å². The van der Waals surface area contributed by atoms with Gasteiger partial charge < -0.3 is 4.90 Å². The van der Waals surface area contributed by atoms with Crippen LogP contribution in [-0.2, 0) is 16.4 Å². The van der Waals surface area contributed by atoms with E-state index in [1.807, 2.05) is 19.2 Å². The minimum Gasteiger partial charge on any atom is -0.335 e. The number of hydrogen-bond acceptors (Lipinski definition) is 3. The second kappa shape index (κ2) is 7.09. The van der Waals surface area contributed by atoms with E-state index < -0.39 is 10.0 Å². The van der Waals surface area contributed by atoms with E-state index in [1.165, 1.54) is 15.4 Å². The van der Waals surface area contributed by atoms with Gasteiger partial charge in [0.1, 0.15) is 0 Å². The first-order valence-corrected chi connectivity index (χ1v) is 10.9. The summed E-state index contributed by atoms with van der Waals surface area (Å²) in [6, 6.07) is 14.7. The zero-order chi connectivity index (χ0) is 19.0. The number of carbonyl (C=O) groups is 1. The quantitative estimate of drug-likeness (QED) is 0.813. The lowest BCUT2D eigenvalue weighted by Gasteiger charge is -2.25. The maximum absolute atomic E-state index is 12.9. The van der Waals surface area contributed by atoms with Crippen LogP contribution in [0, 0.1) is 0 Å². The average molecular weight is 385 g/mol. The lowest BCUT2D eigenvalue weighted by molar-refractivity contribution is 0.0730. The van der Waals surface area contributed by atoms with Crippen molar-refractivity contribution >= 4 is 15.9 Å². The predicted molar refractivity (Wildman–Crippen MR) is 104 cm³/mol. The Labute approximate surface area is 160 Å². The fraction of sp³-hybridized carbons (Fsp3) is 0.381. The van der Waals surface area contributed by atoms with Crippen molar-refractivity contribution in [3.8, 4) is 0 Å². The molecule has 1 aliphatic heterocycles. The highest BCUT2D eigenvalue weighted by Crippen LogP contribution is 2.35. The fourth-order valence-corrected chi connectivity index (χ4v) is 5.65. The topological polar surface area (TPSA) is 57.7 Å². The van der Waals surface area contributed by atoms with Crippen LogP contribution < -0.4 is 0 Å². The number of hydrogen-bond donors (Lipinski definition) is 0. The van der Waals surface area contributed by atoms with Crippen molar-refractivity contribution in [3.63, 3.8) is 0 Å².